The summed E-state index contributed by atoms with van der Waals surface area (Å²) in [6.07, 6.45) is 0.166. The van der Waals surface area contributed by atoms with Gasteiger partial charge in [0.05, 0.1) is 7.11 Å². The summed E-state index contributed by atoms with van der Waals surface area (Å²) in [5, 5.41) is 2.91. The van der Waals surface area contributed by atoms with Crippen molar-refractivity contribution in [2.24, 2.45) is 0 Å². The molecule has 0 amide bonds. The maximum Gasteiger partial charge on any atom is 0.332 e. The van der Waals surface area contributed by atoms with E-state index in [-0.39, 0.29) is 37.1 Å². The lowest BCUT2D eigenvalue weighted by Crippen LogP contribution is -2.31. The molecule has 1 fully saturated rings. The molecular weight excluding hydrogens is 238 g/mol. The van der Waals surface area contributed by atoms with Crippen LogP contribution in [0.4, 0.5) is 0 Å². The topological polar surface area (TPSA) is 73.9 Å². The Bertz CT molecular complexity index is 248. The quantitative estimate of drug-likeness (QED) is 0.681. The minimum atomic E-state index is -0.421. The summed E-state index contributed by atoms with van der Waals surface area (Å²) in [7, 11) is 2.75. The van der Waals surface area contributed by atoms with Gasteiger partial charge in [-0.2, -0.15) is 0 Å². The molecule has 94 valence electrons. The van der Waals surface area contributed by atoms with Crippen LogP contribution in [0.1, 0.15) is 6.42 Å². The number of nitrogens with one attached hydrogen (secondary N) is 1. The molecule has 0 radical (unpaired) electrons. The van der Waals surface area contributed by atoms with Crippen LogP contribution < -0.4 is 5.32 Å². The first-order chi connectivity index (χ1) is 7.17. The first-order valence-corrected chi connectivity index (χ1v) is 4.67. The van der Waals surface area contributed by atoms with Crippen molar-refractivity contribution in [2.75, 3.05) is 27.4 Å². The summed E-state index contributed by atoms with van der Waals surface area (Å²) in [5.41, 5.74) is 0. The number of hydrogen-bond donors (Lipinski definition) is 1. The minimum absolute atomic E-state index is 0. The molecule has 0 spiro atoms. The van der Waals surface area contributed by atoms with Gasteiger partial charge in [0.25, 0.3) is 0 Å². The minimum Gasteiger partial charge on any atom is -0.468 e. The fraction of sp³-hybridized carbons (Fsp3) is 0.778. The van der Waals surface area contributed by atoms with Crippen LogP contribution in [0.2, 0.25) is 0 Å². The van der Waals surface area contributed by atoms with Gasteiger partial charge in [0.15, 0.2) is 0 Å². The monoisotopic (exact) mass is 253 g/mol. The van der Waals surface area contributed by atoms with Crippen molar-refractivity contribution in [2.45, 2.75) is 18.6 Å². The lowest BCUT2D eigenvalue weighted by atomic mass is 10.2. The van der Waals surface area contributed by atoms with Crippen molar-refractivity contribution in [3.8, 4) is 0 Å². The van der Waals surface area contributed by atoms with Crippen LogP contribution in [-0.2, 0) is 23.8 Å². The van der Waals surface area contributed by atoms with Gasteiger partial charge in [0, 0.05) is 20.1 Å². The second kappa shape index (κ2) is 7.43. The highest BCUT2D eigenvalue weighted by Gasteiger charge is 2.32. The summed E-state index contributed by atoms with van der Waals surface area (Å²) in [6.45, 7) is 0.397. The Balaban J connectivity index is 0.00000225. The van der Waals surface area contributed by atoms with Crippen molar-refractivity contribution in [3.63, 3.8) is 0 Å². The predicted octanol–water partition coefficient (Wildman–Crippen LogP) is -0.499. The first-order valence-electron chi connectivity index (χ1n) is 4.67. The molecule has 0 aromatic rings. The smallest absolute Gasteiger partial charge is 0.332 e. The second-order valence-corrected chi connectivity index (χ2v) is 3.26. The van der Waals surface area contributed by atoms with Gasteiger partial charge in [0.1, 0.15) is 18.8 Å². The van der Waals surface area contributed by atoms with E-state index in [1.54, 1.807) is 0 Å². The van der Waals surface area contributed by atoms with Crippen LogP contribution >= 0.6 is 12.4 Å². The van der Waals surface area contributed by atoms with E-state index >= 15 is 0 Å². The van der Waals surface area contributed by atoms with Crippen molar-refractivity contribution >= 4 is 24.3 Å². The molecule has 1 N–H and O–H groups in total. The summed E-state index contributed by atoms with van der Waals surface area (Å²) in [6, 6.07) is -0.379. The van der Waals surface area contributed by atoms with Crippen LogP contribution in [-0.4, -0.2) is 51.5 Å². The Hall–Kier alpha value is -0.850. The first kappa shape index (κ1) is 15.2. The number of rotatable bonds is 4. The Morgan fingerprint density at radius 1 is 1.38 bits per heavy atom. The highest BCUT2D eigenvalue weighted by molar-refractivity contribution is 5.85. The molecular formula is C9H16ClNO5. The van der Waals surface area contributed by atoms with Gasteiger partial charge in [-0.1, -0.05) is 0 Å². The third-order valence-electron chi connectivity index (χ3n) is 2.14. The molecule has 0 saturated carbocycles. The lowest BCUT2D eigenvalue weighted by molar-refractivity contribution is -0.153. The summed E-state index contributed by atoms with van der Waals surface area (Å²) < 4.78 is 14.2. The zero-order chi connectivity index (χ0) is 11.3. The van der Waals surface area contributed by atoms with E-state index in [9.17, 15) is 9.59 Å². The average Bonchev–Trinajstić information content (AvgIpc) is 2.65. The van der Waals surface area contributed by atoms with E-state index in [1.807, 2.05) is 0 Å². The molecule has 6 nitrogen and oxygen atoms in total. The molecule has 0 aromatic carbocycles. The largest absolute Gasteiger partial charge is 0.468 e. The van der Waals surface area contributed by atoms with Crippen molar-refractivity contribution in [1.29, 1.82) is 0 Å². The van der Waals surface area contributed by atoms with Gasteiger partial charge < -0.3 is 19.5 Å². The van der Waals surface area contributed by atoms with Crippen LogP contribution in [0, 0.1) is 0 Å². The van der Waals surface area contributed by atoms with Gasteiger partial charge >= 0.3 is 11.9 Å². The van der Waals surface area contributed by atoms with Crippen LogP contribution in [0.25, 0.3) is 0 Å². The van der Waals surface area contributed by atoms with Crippen LogP contribution in [0.15, 0.2) is 0 Å². The molecule has 0 aromatic heterocycles. The van der Waals surface area contributed by atoms with E-state index in [0.717, 1.165) is 0 Å². The molecule has 16 heavy (non-hydrogen) atoms. The number of carbonyl (C=O) groups is 2. The van der Waals surface area contributed by atoms with Crippen molar-refractivity contribution in [1.82, 2.24) is 5.32 Å². The molecule has 1 heterocycles. The number of ether oxygens (including phenoxy) is 3. The van der Waals surface area contributed by atoms with Crippen LogP contribution in [0.5, 0.6) is 0 Å². The maximum absolute atomic E-state index is 11.1. The number of carbonyl (C=O) groups excluding carboxylic acids is 2. The van der Waals surface area contributed by atoms with E-state index < -0.39 is 5.97 Å². The SMILES string of the molecule is COCC(=O)O[C@H]1CN[C@H](C(=O)OC)C1.Cl. The summed E-state index contributed by atoms with van der Waals surface area (Å²) >= 11 is 0. The van der Waals surface area contributed by atoms with Gasteiger partial charge in [-0.05, 0) is 0 Å². The summed E-state index contributed by atoms with van der Waals surface area (Å²) in [5.74, 6) is -0.755. The Morgan fingerprint density at radius 2 is 2.06 bits per heavy atom. The third-order valence-corrected chi connectivity index (χ3v) is 2.14. The van der Waals surface area contributed by atoms with Gasteiger partial charge in [-0.15, -0.1) is 12.4 Å². The van der Waals surface area contributed by atoms with Gasteiger partial charge in [-0.25, -0.2) is 4.79 Å². The lowest BCUT2D eigenvalue weighted by Gasteiger charge is -2.10. The molecule has 2 atom stereocenters. The van der Waals surface area contributed by atoms with Gasteiger partial charge in [-0.3, -0.25) is 4.79 Å². The molecule has 1 aliphatic heterocycles. The molecule has 0 bridgehead atoms. The second-order valence-electron chi connectivity index (χ2n) is 3.26. The normalized spacial score (nSPS) is 23.4. The maximum atomic E-state index is 11.1. The van der Waals surface area contributed by atoms with Crippen LogP contribution in [0.3, 0.4) is 0 Å². The van der Waals surface area contributed by atoms with Crippen molar-refractivity contribution < 1.29 is 23.8 Å². The highest BCUT2D eigenvalue weighted by Crippen LogP contribution is 2.11. The zero-order valence-corrected chi connectivity index (χ0v) is 10.0. The average molecular weight is 254 g/mol. The summed E-state index contributed by atoms with van der Waals surface area (Å²) in [4.78, 5) is 22.2. The molecule has 1 aliphatic rings. The zero-order valence-electron chi connectivity index (χ0n) is 9.23. The Morgan fingerprint density at radius 3 is 2.62 bits per heavy atom. The fourth-order valence-electron chi connectivity index (χ4n) is 1.45. The molecule has 7 heteroatoms. The van der Waals surface area contributed by atoms with E-state index in [0.29, 0.717) is 13.0 Å². The number of hydrogen-bond acceptors (Lipinski definition) is 6. The fourth-order valence-corrected chi connectivity index (χ4v) is 1.45. The Kier molecular flexibility index (Phi) is 7.03. The molecule has 0 unspecified atom stereocenters. The van der Waals surface area contributed by atoms with E-state index in [2.05, 4.69) is 14.8 Å². The molecule has 1 saturated heterocycles. The van der Waals surface area contributed by atoms with Gasteiger partial charge in [0.2, 0.25) is 0 Å². The number of esters is 2. The molecule has 1 rings (SSSR count). The number of halogens is 1. The number of methoxy groups -OCH3 is 2. The highest BCUT2D eigenvalue weighted by atomic mass is 35.5. The predicted molar refractivity (Wildman–Crippen MR) is 57.4 cm³/mol. The molecule has 0 aliphatic carbocycles. The Labute approximate surface area is 100 Å². The van der Waals surface area contributed by atoms with E-state index in [4.69, 9.17) is 4.74 Å². The van der Waals surface area contributed by atoms with Crippen molar-refractivity contribution in [3.05, 3.63) is 0 Å². The third kappa shape index (κ3) is 4.34. The standard InChI is InChI=1S/C9H15NO5.ClH/c1-13-5-8(11)15-6-3-7(10-4-6)9(12)14-2;/h6-7,10H,3-5H2,1-2H3;1H/t6-,7+;/m1./s1. The van der Waals surface area contributed by atoms with E-state index in [1.165, 1.54) is 14.2 Å².